The second-order valence-electron chi connectivity index (χ2n) is 10.9. The lowest BCUT2D eigenvalue weighted by molar-refractivity contribution is -0.141. The lowest BCUT2D eigenvalue weighted by atomic mass is 9.77. The molecule has 1 fully saturated rings. The number of carbonyl (C=O) groups excluding carboxylic acids is 3. The van der Waals surface area contributed by atoms with E-state index in [0.29, 0.717) is 40.9 Å². The van der Waals surface area contributed by atoms with Crippen molar-refractivity contribution in [3.8, 4) is 0 Å². The Morgan fingerprint density at radius 2 is 1.82 bits per heavy atom. The van der Waals surface area contributed by atoms with E-state index in [2.05, 4.69) is 22.5 Å². The first-order valence-electron chi connectivity index (χ1n) is 14.6. The number of methoxy groups -OCH3 is 1. The molecular weight excluding hydrogens is 619 g/mol. The number of amides is 3. The van der Waals surface area contributed by atoms with Crippen LogP contribution in [0.25, 0.3) is 0 Å². The zero-order valence-corrected chi connectivity index (χ0v) is 27.1. The van der Waals surface area contributed by atoms with Gasteiger partial charge in [0.15, 0.2) is 5.54 Å². The Labute approximate surface area is 272 Å². The fraction of sp³-hybridized carbons (Fsp3) is 0.364. The maximum absolute atomic E-state index is 14.7. The second kappa shape index (κ2) is 13.9. The average Bonchev–Trinajstić information content (AvgIpc) is 3.43. The lowest BCUT2D eigenvalue weighted by Crippen LogP contribution is -2.63. The summed E-state index contributed by atoms with van der Waals surface area (Å²) in [5.74, 6) is -1.12. The van der Waals surface area contributed by atoms with Crippen molar-refractivity contribution in [3.63, 3.8) is 0 Å². The van der Waals surface area contributed by atoms with Crippen LogP contribution >= 0.6 is 35.0 Å². The number of benzene rings is 3. The third-order valence-corrected chi connectivity index (χ3v) is 10.2. The average molecular weight is 656 g/mol. The van der Waals surface area contributed by atoms with Crippen molar-refractivity contribution in [2.45, 2.75) is 41.5 Å². The number of halogens is 2. The number of ether oxygens (including phenoxy) is 1. The quantitative estimate of drug-likeness (QED) is 0.234. The molecule has 3 aromatic rings. The maximum Gasteiger partial charge on any atom is 0.257 e. The number of carbonyl (C=O) groups is 3. The van der Waals surface area contributed by atoms with E-state index in [9.17, 15) is 14.4 Å². The van der Waals surface area contributed by atoms with E-state index in [1.807, 2.05) is 36.4 Å². The van der Waals surface area contributed by atoms with Crippen molar-refractivity contribution in [1.29, 1.82) is 0 Å². The van der Waals surface area contributed by atoms with Crippen LogP contribution in [0.5, 0.6) is 0 Å². The summed E-state index contributed by atoms with van der Waals surface area (Å²) in [7, 11) is 1.68. The van der Waals surface area contributed by atoms with Gasteiger partial charge in [0, 0.05) is 52.9 Å². The minimum Gasteiger partial charge on any atom is -0.383 e. The van der Waals surface area contributed by atoms with Gasteiger partial charge in [0.05, 0.1) is 13.0 Å². The van der Waals surface area contributed by atoms with E-state index in [1.54, 1.807) is 48.4 Å². The minimum absolute atomic E-state index is 0.0875. The minimum atomic E-state index is -1.66. The van der Waals surface area contributed by atoms with Crippen LogP contribution in [0.1, 0.15) is 30.9 Å². The molecule has 2 atom stereocenters. The third kappa shape index (κ3) is 6.08. The van der Waals surface area contributed by atoms with Crippen LogP contribution in [0.15, 0.2) is 77.7 Å². The Kier molecular flexibility index (Phi) is 10.2. The number of hydrogen-bond donors (Lipinski definition) is 2. The molecule has 5 rings (SSSR count). The number of hydrogen-bond acceptors (Lipinski definition) is 6. The van der Waals surface area contributed by atoms with Crippen LogP contribution in [-0.4, -0.2) is 72.2 Å². The fourth-order valence-corrected chi connectivity index (χ4v) is 8.09. The Morgan fingerprint density at radius 3 is 2.55 bits per heavy atom. The molecule has 2 heterocycles. The molecule has 0 radical (unpaired) electrons. The highest BCUT2D eigenvalue weighted by Crippen LogP contribution is 2.61. The third-order valence-electron chi connectivity index (χ3n) is 8.27. The Balaban J connectivity index is 1.59. The molecule has 2 aliphatic rings. The molecule has 232 valence electrons. The predicted octanol–water partition coefficient (Wildman–Crippen LogP) is 5.58. The summed E-state index contributed by atoms with van der Waals surface area (Å²) in [6, 6.07) is 21.7. The molecule has 2 aliphatic heterocycles. The van der Waals surface area contributed by atoms with Gasteiger partial charge in [-0.2, -0.15) is 0 Å². The molecule has 1 saturated heterocycles. The summed E-state index contributed by atoms with van der Waals surface area (Å²) in [5, 5.41) is 7.04. The van der Waals surface area contributed by atoms with Gasteiger partial charge in [0.25, 0.3) is 5.91 Å². The summed E-state index contributed by atoms with van der Waals surface area (Å²) < 4.78 is 3.69. The molecular formula is C33H36Cl2N4O4S. The Morgan fingerprint density at radius 1 is 1.05 bits per heavy atom. The van der Waals surface area contributed by atoms with Crippen molar-refractivity contribution < 1.29 is 19.1 Å². The normalized spacial score (nSPS) is 20.8. The van der Waals surface area contributed by atoms with Gasteiger partial charge in [-0.15, -0.1) is 11.8 Å². The van der Waals surface area contributed by atoms with Gasteiger partial charge in [-0.25, -0.2) is 0 Å². The van der Waals surface area contributed by atoms with Crippen LogP contribution in [-0.2, 0) is 31.2 Å². The SMILES string of the molecule is CCN(CCCNC(=O)C1(Sc2ccccc2)CC(=O)N(Cc2cccc(Cl)c2)C12C(=O)Nc1cc(Cl)ccc12)CCOC. The van der Waals surface area contributed by atoms with Crippen molar-refractivity contribution >= 4 is 58.4 Å². The number of likely N-dealkylation sites (tertiary alicyclic amines) is 1. The van der Waals surface area contributed by atoms with Crippen LogP contribution in [0, 0.1) is 0 Å². The number of fused-ring (bicyclic) bond motifs is 2. The number of likely N-dealkylation sites (N-methyl/N-ethyl adjacent to an activating group) is 1. The second-order valence-corrected chi connectivity index (χ2v) is 13.2. The topological polar surface area (TPSA) is 91.0 Å². The summed E-state index contributed by atoms with van der Waals surface area (Å²) >= 11 is 13.9. The van der Waals surface area contributed by atoms with E-state index in [4.69, 9.17) is 27.9 Å². The van der Waals surface area contributed by atoms with Crippen LogP contribution in [0.2, 0.25) is 10.0 Å². The van der Waals surface area contributed by atoms with E-state index in [-0.39, 0.29) is 24.8 Å². The molecule has 3 aromatic carbocycles. The summed E-state index contributed by atoms with van der Waals surface area (Å²) in [4.78, 5) is 47.9. The molecule has 44 heavy (non-hydrogen) atoms. The number of nitrogens with one attached hydrogen (secondary N) is 2. The monoisotopic (exact) mass is 654 g/mol. The molecule has 0 aromatic heterocycles. The summed E-state index contributed by atoms with van der Waals surface area (Å²) in [5.41, 5.74) is 0.105. The van der Waals surface area contributed by atoms with Crippen molar-refractivity contribution in [1.82, 2.24) is 15.1 Å². The first-order chi connectivity index (χ1) is 21.2. The predicted molar refractivity (Wildman–Crippen MR) is 175 cm³/mol. The molecule has 2 unspecified atom stereocenters. The zero-order chi connectivity index (χ0) is 31.3. The van der Waals surface area contributed by atoms with Gasteiger partial charge in [-0.05, 0) is 61.5 Å². The first-order valence-corrected chi connectivity index (χ1v) is 16.2. The molecule has 8 nitrogen and oxygen atoms in total. The highest BCUT2D eigenvalue weighted by Gasteiger charge is 2.74. The smallest absolute Gasteiger partial charge is 0.257 e. The zero-order valence-electron chi connectivity index (χ0n) is 24.8. The molecule has 0 bridgehead atoms. The van der Waals surface area contributed by atoms with Gasteiger partial charge in [0.1, 0.15) is 4.75 Å². The van der Waals surface area contributed by atoms with Crippen LogP contribution in [0.3, 0.4) is 0 Å². The van der Waals surface area contributed by atoms with E-state index in [0.717, 1.165) is 30.1 Å². The number of anilines is 1. The highest BCUT2D eigenvalue weighted by atomic mass is 35.5. The fourth-order valence-electron chi connectivity index (χ4n) is 6.19. The molecule has 3 amide bonds. The maximum atomic E-state index is 14.7. The first kappa shape index (κ1) is 32.3. The van der Waals surface area contributed by atoms with Gasteiger partial charge in [-0.3, -0.25) is 14.4 Å². The van der Waals surface area contributed by atoms with Gasteiger partial charge in [0.2, 0.25) is 11.8 Å². The Bertz CT molecular complexity index is 1530. The van der Waals surface area contributed by atoms with Gasteiger partial charge < -0.3 is 25.2 Å². The van der Waals surface area contributed by atoms with E-state index >= 15 is 0 Å². The molecule has 0 saturated carbocycles. The standard InChI is InChI=1S/C33H36Cl2N4O4S/c1-3-38(17-18-43-2)16-8-15-36-30(41)32(44-26-11-5-4-6-12-26)21-29(40)39(22-23-9-7-10-24(34)19-23)33(32)27-14-13-25(35)20-28(27)37-31(33)42/h4-7,9-14,19-20H,3,8,15-18,21-22H2,1-2H3,(H,36,41)(H,37,42). The molecule has 2 N–H and O–H groups in total. The van der Waals surface area contributed by atoms with Crippen molar-refractivity contribution in [3.05, 3.63) is 94.0 Å². The molecule has 1 spiro atoms. The number of rotatable bonds is 13. The van der Waals surface area contributed by atoms with Crippen LogP contribution in [0.4, 0.5) is 5.69 Å². The number of nitrogens with zero attached hydrogens (tertiary/aromatic N) is 2. The van der Waals surface area contributed by atoms with E-state index in [1.165, 1.54) is 11.8 Å². The van der Waals surface area contributed by atoms with Crippen molar-refractivity contribution in [2.24, 2.45) is 0 Å². The molecule has 0 aliphatic carbocycles. The lowest BCUT2D eigenvalue weighted by Gasteiger charge is -2.44. The van der Waals surface area contributed by atoms with E-state index < -0.39 is 16.2 Å². The largest absolute Gasteiger partial charge is 0.383 e. The highest BCUT2D eigenvalue weighted by molar-refractivity contribution is 8.01. The molecule has 11 heteroatoms. The summed E-state index contributed by atoms with van der Waals surface area (Å²) in [6.07, 6.45) is 0.518. The van der Waals surface area contributed by atoms with Gasteiger partial charge >= 0.3 is 0 Å². The summed E-state index contributed by atoms with van der Waals surface area (Å²) in [6.45, 7) is 5.61. The number of thioether (sulfide) groups is 1. The van der Waals surface area contributed by atoms with Crippen molar-refractivity contribution in [2.75, 3.05) is 45.2 Å². The Hall–Kier alpha value is -3.08. The van der Waals surface area contributed by atoms with Crippen LogP contribution < -0.4 is 10.6 Å². The van der Waals surface area contributed by atoms with Gasteiger partial charge in [-0.1, -0.05) is 66.5 Å².